The molecule has 0 aliphatic carbocycles. The van der Waals surface area contributed by atoms with Gasteiger partial charge in [0.1, 0.15) is 12.0 Å². The van der Waals surface area contributed by atoms with Gasteiger partial charge in [-0.2, -0.15) is 0 Å². The first-order valence-electron chi connectivity index (χ1n) is 6.90. The minimum absolute atomic E-state index is 0.122. The molecule has 0 amide bonds. The van der Waals surface area contributed by atoms with Crippen LogP contribution in [0.25, 0.3) is 0 Å². The molecule has 0 fully saturated rings. The van der Waals surface area contributed by atoms with Crippen molar-refractivity contribution in [2.75, 3.05) is 18.5 Å². The highest BCUT2D eigenvalue weighted by Gasteiger charge is 2.12. The maximum absolute atomic E-state index is 10.6. The molecule has 2 rings (SSSR count). The van der Waals surface area contributed by atoms with Crippen LogP contribution in [0.15, 0.2) is 42.6 Å². The topological polar surface area (TPSA) is 97.5 Å². The van der Waals surface area contributed by atoms with Gasteiger partial charge in [0.2, 0.25) is 0 Å². The zero-order chi connectivity index (χ0) is 16.7. The number of rotatable bonds is 8. The molecule has 1 heterocycles. The highest BCUT2D eigenvalue weighted by Crippen LogP contribution is 2.23. The molecule has 1 atom stereocenters. The molecule has 1 aromatic carbocycles. The van der Waals surface area contributed by atoms with Crippen molar-refractivity contribution in [1.82, 2.24) is 4.98 Å². The number of anilines is 1. The van der Waals surface area contributed by atoms with Crippen molar-refractivity contribution in [3.63, 3.8) is 0 Å². The van der Waals surface area contributed by atoms with Gasteiger partial charge >= 0.3 is 0 Å². The van der Waals surface area contributed by atoms with Crippen molar-refractivity contribution in [2.45, 2.75) is 12.7 Å². The fraction of sp³-hybridized carbons (Fsp3) is 0.267. The number of nitrogens with zero attached hydrogens (tertiary/aromatic N) is 2. The average Bonchev–Trinajstić information content (AvgIpc) is 2.54. The lowest BCUT2D eigenvalue weighted by Gasteiger charge is -2.13. The smallest absolute Gasteiger partial charge is 0.289 e. The highest BCUT2D eigenvalue weighted by atomic mass is 35.5. The molecule has 0 aliphatic rings. The predicted molar refractivity (Wildman–Crippen MR) is 86.5 cm³/mol. The molecule has 8 heteroatoms. The van der Waals surface area contributed by atoms with Crippen LogP contribution in [0.2, 0.25) is 5.02 Å². The Labute approximate surface area is 138 Å². The SMILES string of the molecule is O=[N+]([O-])c1cnc(NC[C@H](O)COCc2ccccc2)c(Cl)c1. The van der Waals surface area contributed by atoms with Crippen LogP contribution >= 0.6 is 11.6 Å². The quantitative estimate of drug-likeness (QED) is 0.567. The van der Waals surface area contributed by atoms with Gasteiger partial charge in [0, 0.05) is 12.6 Å². The van der Waals surface area contributed by atoms with Crippen LogP contribution in [0.4, 0.5) is 11.5 Å². The summed E-state index contributed by atoms with van der Waals surface area (Å²) in [6.45, 7) is 0.722. The lowest BCUT2D eigenvalue weighted by molar-refractivity contribution is -0.385. The Morgan fingerprint density at radius 2 is 2.13 bits per heavy atom. The Morgan fingerprint density at radius 1 is 1.39 bits per heavy atom. The van der Waals surface area contributed by atoms with E-state index in [1.807, 2.05) is 30.3 Å². The highest BCUT2D eigenvalue weighted by molar-refractivity contribution is 6.33. The molecule has 2 aromatic rings. The summed E-state index contributed by atoms with van der Waals surface area (Å²) < 4.78 is 5.42. The number of benzene rings is 1. The summed E-state index contributed by atoms with van der Waals surface area (Å²) in [6.07, 6.45) is 0.346. The first kappa shape index (κ1) is 17.1. The lowest BCUT2D eigenvalue weighted by atomic mass is 10.2. The third-order valence-corrected chi connectivity index (χ3v) is 3.25. The molecule has 7 nitrogen and oxygen atoms in total. The van der Waals surface area contributed by atoms with Crippen molar-refractivity contribution >= 4 is 23.1 Å². The second kappa shape index (κ2) is 8.42. The van der Waals surface area contributed by atoms with Crippen molar-refractivity contribution in [1.29, 1.82) is 0 Å². The lowest BCUT2D eigenvalue weighted by Crippen LogP contribution is -2.25. The number of aliphatic hydroxyl groups is 1. The molecule has 0 saturated heterocycles. The zero-order valence-electron chi connectivity index (χ0n) is 12.2. The number of halogens is 1. The molecule has 23 heavy (non-hydrogen) atoms. The van der Waals surface area contributed by atoms with Crippen LogP contribution in [-0.4, -0.2) is 34.3 Å². The van der Waals surface area contributed by atoms with Crippen molar-refractivity contribution in [3.8, 4) is 0 Å². The van der Waals surface area contributed by atoms with E-state index in [2.05, 4.69) is 10.3 Å². The Morgan fingerprint density at radius 3 is 2.78 bits per heavy atom. The minimum Gasteiger partial charge on any atom is -0.389 e. The van der Waals surface area contributed by atoms with E-state index >= 15 is 0 Å². The summed E-state index contributed by atoms with van der Waals surface area (Å²) in [4.78, 5) is 13.9. The fourth-order valence-corrected chi connectivity index (χ4v) is 2.05. The first-order valence-corrected chi connectivity index (χ1v) is 7.27. The summed E-state index contributed by atoms with van der Waals surface area (Å²) in [7, 11) is 0. The molecular formula is C15H16ClN3O4. The number of hydrogen-bond acceptors (Lipinski definition) is 6. The van der Waals surface area contributed by atoms with E-state index in [0.717, 1.165) is 11.8 Å². The molecule has 0 bridgehead atoms. The van der Waals surface area contributed by atoms with Crippen LogP contribution in [0.1, 0.15) is 5.56 Å². The first-order chi connectivity index (χ1) is 11.1. The Bertz CT molecular complexity index is 654. The molecule has 0 unspecified atom stereocenters. The number of pyridine rings is 1. The number of aliphatic hydroxyl groups excluding tert-OH is 1. The maximum atomic E-state index is 10.6. The van der Waals surface area contributed by atoms with Gasteiger partial charge in [-0.25, -0.2) is 4.98 Å². The van der Waals surface area contributed by atoms with Gasteiger partial charge in [-0.05, 0) is 5.56 Å². The predicted octanol–water partition coefficient (Wildman–Crippen LogP) is 2.63. The van der Waals surface area contributed by atoms with Crippen molar-refractivity contribution < 1.29 is 14.8 Å². The van der Waals surface area contributed by atoms with E-state index in [9.17, 15) is 15.2 Å². The fourth-order valence-electron chi connectivity index (χ4n) is 1.82. The second-order valence-corrected chi connectivity index (χ2v) is 5.22. The van der Waals surface area contributed by atoms with Gasteiger partial charge in [-0.1, -0.05) is 41.9 Å². The number of aromatic nitrogens is 1. The molecule has 1 aromatic heterocycles. The summed E-state index contributed by atoms with van der Waals surface area (Å²) in [5.41, 5.74) is 0.833. The third-order valence-electron chi connectivity index (χ3n) is 2.96. The average molecular weight is 338 g/mol. The normalized spacial score (nSPS) is 11.9. The van der Waals surface area contributed by atoms with E-state index < -0.39 is 11.0 Å². The van der Waals surface area contributed by atoms with E-state index in [1.165, 1.54) is 6.07 Å². The molecule has 0 spiro atoms. The Kier molecular flexibility index (Phi) is 6.28. The van der Waals surface area contributed by atoms with Crippen LogP contribution in [-0.2, 0) is 11.3 Å². The van der Waals surface area contributed by atoms with Gasteiger partial charge in [0.25, 0.3) is 5.69 Å². The standard InChI is InChI=1S/C15H16ClN3O4/c16-14-6-12(19(21)22)7-17-15(14)18-8-13(20)10-23-9-11-4-2-1-3-5-11/h1-7,13,20H,8-10H2,(H,17,18)/t13-/m0/s1. The molecule has 122 valence electrons. The Hall–Kier alpha value is -2.22. The monoisotopic (exact) mass is 337 g/mol. The van der Waals surface area contributed by atoms with Crippen LogP contribution in [0, 0.1) is 10.1 Å². The number of nitro groups is 1. The van der Waals surface area contributed by atoms with Crippen molar-refractivity contribution in [2.24, 2.45) is 0 Å². The summed E-state index contributed by atoms with van der Waals surface area (Å²) in [5, 5.41) is 23.4. The summed E-state index contributed by atoms with van der Waals surface area (Å²) in [6, 6.07) is 10.8. The van der Waals surface area contributed by atoms with Gasteiger partial charge in [-0.15, -0.1) is 0 Å². The van der Waals surface area contributed by atoms with E-state index in [0.29, 0.717) is 6.61 Å². The number of hydrogen-bond donors (Lipinski definition) is 2. The zero-order valence-corrected chi connectivity index (χ0v) is 12.9. The van der Waals surface area contributed by atoms with Gasteiger partial charge in [0.05, 0.1) is 29.3 Å². The van der Waals surface area contributed by atoms with Crippen LogP contribution in [0.3, 0.4) is 0 Å². The van der Waals surface area contributed by atoms with Crippen LogP contribution in [0.5, 0.6) is 0 Å². The summed E-state index contributed by atoms with van der Waals surface area (Å²) >= 11 is 5.90. The molecule has 0 saturated carbocycles. The molecular weight excluding hydrogens is 322 g/mol. The third kappa shape index (κ3) is 5.48. The summed E-state index contributed by atoms with van der Waals surface area (Å²) in [5.74, 6) is 0.277. The van der Waals surface area contributed by atoms with Gasteiger partial charge in [0.15, 0.2) is 0 Å². The molecule has 2 N–H and O–H groups in total. The maximum Gasteiger partial charge on any atom is 0.289 e. The van der Waals surface area contributed by atoms with E-state index in [-0.39, 0.29) is 29.7 Å². The van der Waals surface area contributed by atoms with E-state index in [1.54, 1.807) is 0 Å². The minimum atomic E-state index is -0.758. The van der Waals surface area contributed by atoms with Crippen LogP contribution < -0.4 is 5.32 Å². The van der Waals surface area contributed by atoms with Gasteiger partial charge < -0.3 is 15.2 Å². The Balaban J connectivity index is 1.76. The van der Waals surface area contributed by atoms with E-state index in [4.69, 9.17) is 16.3 Å². The largest absolute Gasteiger partial charge is 0.389 e. The molecule has 0 radical (unpaired) electrons. The molecule has 0 aliphatic heterocycles. The number of ether oxygens (including phenoxy) is 1. The second-order valence-electron chi connectivity index (χ2n) is 4.82. The van der Waals surface area contributed by atoms with Gasteiger partial charge in [-0.3, -0.25) is 10.1 Å². The van der Waals surface area contributed by atoms with Crippen molar-refractivity contribution in [3.05, 3.63) is 63.3 Å². The number of nitrogens with one attached hydrogen (secondary N) is 1.